The van der Waals surface area contributed by atoms with Gasteiger partial charge in [-0.1, -0.05) is 29.8 Å². The smallest absolute Gasteiger partial charge is 0.248 e. The summed E-state index contributed by atoms with van der Waals surface area (Å²) >= 11 is 6.02. The summed E-state index contributed by atoms with van der Waals surface area (Å²) in [7, 11) is 1.54. The van der Waals surface area contributed by atoms with Crippen molar-refractivity contribution < 1.29 is 13.9 Å². The fourth-order valence-corrected chi connectivity index (χ4v) is 2.43. The highest BCUT2D eigenvalue weighted by Gasteiger charge is 2.04. The monoisotopic (exact) mass is 327 g/mol. The second kappa shape index (κ2) is 6.58. The van der Waals surface area contributed by atoms with Crippen molar-refractivity contribution in [3.8, 4) is 5.75 Å². The molecular formula is C18H14ClNO3. The highest BCUT2D eigenvalue weighted by atomic mass is 35.5. The molecule has 0 spiro atoms. The fraction of sp³-hybridized carbons (Fsp3) is 0.0556. The molecule has 2 aromatic carbocycles. The van der Waals surface area contributed by atoms with Crippen molar-refractivity contribution in [1.82, 2.24) is 0 Å². The van der Waals surface area contributed by atoms with E-state index in [0.717, 1.165) is 11.0 Å². The number of fused-ring (bicyclic) bond motifs is 1. The number of ether oxygens (including phenoxy) is 1. The Morgan fingerprint density at radius 2 is 2.04 bits per heavy atom. The lowest BCUT2D eigenvalue weighted by Crippen LogP contribution is -2.07. The zero-order valence-corrected chi connectivity index (χ0v) is 13.1. The largest absolute Gasteiger partial charge is 0.495 e. The molecule has 116 valence electrons. The Hall–Kier alpha value is -2.72. The van der Waals surface area contributed by atoms with Crippen LogP contribution in [0.15, 0.2) is 59.0 Å². The van der Waals surface area contributed by atoms with E-state index in [1.165, 1.54) is 13.2 Å². The number of carbonyl (C=O) groups is 1. The van der Waals surface area contributed by atoms with Gasteiger partial charge in [-0.25, -0.2) is 0 Å². The summed E-state index contributed by atoms with van der Waals surface area (Å²) in [5, 5.41) is 4.16. The van der Waals surface area contributed by atoms with Crippen molar-refractivity contribution in [2.24, 2.45) is 0 Å². The van der Waals surface area contributed by atoms with Crippen molar-refractivity contribution in [1.29, 1.82) is 0 Å². The van der Waals surface area contributed by atoms with Crippen molar-refractivity contribution in [2.75, 3.05) is 12.4 Å². The quantitative estimate of drug-likeness (QED) is 0.704. The van der Waals surface area contributed by atoms with Crippen LogP contribution < -0.4 is 10.1 Å². The Balaban J connectivity index is 1.70. The SMILES string of the molecule is COc1ccc(NC(=O)/C=C/c2cc3ccccc3o2)cc1Cl. The van der Waals surface area contributed by atoms with Crippen LogP contribution in [0.1, 0.15) is 5.76 Å². The fourth-order valence-electron chi connectivity index (χ4n) is 2.17. The van der Waals surface area contributed by atoms with Crippen LogP contribution in [0, 0.1) is 0 Å². The first-order valence-corrected chi connectivity index (χ1v) is 7.35. The number of nitrogens with one attached hydrogen (secondary N) is 1. The highest BCUT2D eigenvalue weighted by molar-refractivity contribution is 6.32. The molecule has 1 aromatic heterocycles. The van der Waals surface area contributed by atoms with Crippen LogP contribution in [0.5, 0.6) is 5.75 Å². The van der Waals surface area contributed by atoms with Crippen LogP contribution >= 0.6 is 11.6 Å². The van der Waals surface area contributed by atoms with Gasteiger partial charge in [0.1, 0.15) is 17.1 Å². The molecule has 0 saturated heterocycles. The number of hydrogen-bond donors (Lipinski definition) is 1. The predicted octanol–water partition coefficient (Wildman–Crippen LogP) is 4.75. The topological polar surface area (TPSA) is 51.5 Å². The Morgan fingerprint density at radius 1 is 1.22 bits per heavy atom. The van der Waals surface area contributed by atoms with Crippen LogP contribution in [0.3, 0.4) is 0 Å². The molecule has 1 N–H and O–H groups in total. The molecule has 3 aromatic rings. The number of hydrogen-bond acceptors (Lipinski definition) is 3. The summed E-state index contributed by atoms with van der Waals surface area (Å²) in [6.45, 7) is 0. The second-order valence-corrected chi connectivity index (χ2v) is 5.27. The Morgan fingerprint density at radius 3 is 2.78 bits per heavy atom. The van der Waals surface area contributed by atoms with Gasteiger partial charge in [-0.15, -0.1) is 0 Å². The molecule has 0 unspecified atom stereocenters. The zero-order chi connectivity index (χ0) is 16.2. The second-order valence-electron chi connectivity index (χ2n) is 4.86. The molecule has 3 rings (SSSR count). The van der Waals surface area contributed by atoms with Gasteiger partial charge < -0.3 is 14.5 Å². The maximum absolute atomic E-state index is 12.0. The van der Waals surface area contributed by atoms with Gasteiger partial charge in [-0.3, -0.25) is 4.79 Å². The van der Waals surface area contributed by atoms with Crippen LogP contribution in [-0.2, 0) is 4.79 Å². The molecule has 1 amide bonds. The van der Waals surface area contributed by atoms with Gasteiger partial charge in [0.15, 0.2) is 0 Å². The number of carbonyl (C=O) groups excluding carboxylic acids is 1. The zero-order valence-electron chi connectivity index (χ0n) is 12.4. The maximum atomic E-state index is 12.0. The molecule has 0 radical (unpaired) electrons. The van der Waals surface area contributed by atoms with E-state index < -0.39 is 0 Å². The van der Waals surface area contributed by atoms with E-state index in [0.29, 0.717) is 22.2 Å². The number of anilines is 1. The normalized spacial score (nSPS) is 11.0. The molecule has 5 heteroatoms. The third-order valence-electron chi connectivity index (χ3n) is 3.26. The highest BCUT2D eigenvalue weighted by Crippen LogP contribution is 2.27. The van der Waals surface area contributed by atoms with E-state index in [1.807, 2.05) is 30.3 Å². The Labute approximate surface area is 138 Å². The summed E-state index contributed by atoms with van der Waals surface area (Å²) in [5.74, 6) is 0.906. The molecule has 23 heavy (non-hydrogen) atoms. The van der Waals surface area contributed by atoms with Crippen molar-refractivity contribution in [3.63, 3.8) is 0 Å². The average molecular weight is 328 g/mol. The molecule has 0 atom stereocenters. The average Bonchev–Trinajstić information content (AvgIpc) is 2.96. The summed E-state index contributed by atoms with van der Waals surface area (Å²) in [4.78, 5) is 12.0. The molecule has 0 bridgehead atoms. The lowest BCUT2D eigenvalue weighted by Gasteiger charge is -2.06. The van der Waals surface area contributed by atoms with Crippen molar-refractivity contribution in [3.05, 3.63) is 65.4 Å². The molecule has 0 aliphatic rings. The molecule has 1 heterocycles. The minimum Gasteiger partial charge on any atom is -0.495 e. The number of para-hydroxylation sites is 1. The number of halogens is 1. The first kappa shape index (κ1) is 15.2. The van der Waals surface area contributed by atoms with E-state index in [4.69, 9.17) is 20.8 Å². The van der Waals surface area contributed by atoms with Crippen molar-refractivity contribution >= 4 is 40.2 Å². The Kier molecular flexibility index (Phi) is 4.35. The van der Waals surface area contributed by atoms with Gasteiger partial charge in [0.2, 0.25) is 5.91 Å². The first-order valence-electron chi connectivity index (χ1n) is 6.97. The summed E-state index contributed by atoms with van der Waals surface area (Å²) < 4.78 is 10.7. The molecule has 4 nitrogen and oxygen atoms in total. The number of methoxy groups -OCH3 is 1. The van der Waals surface area contributed by atoms with Crippen molar-refractivity contribution in [2.45, 2.75) is 0 Å². The Bertz CT molecular complexity index is 850. The number of furan rings is 1. The summed E-state index contributed by atoms with van der Waals surface area (Å²) in [6.07, 6.45) is 3.04. The first-order chi connectivity index (χ1) is 11.2. The van der Waals surface area contributed by atoms with Gasteiger partial charge >= 0.3 is 0 Å². The predicted molar refractivity (Wildman–Crippen MR) is 91.9 cm³/mol. The van der Waals surface area contributed by atoms with E-state index in [2.05, 4.69) is 5.32 Å². The van der Waals surface area contributed by atoms with Gasteiger partial charge in [0.05, 0.1) is 12.1 Å². The third kappa shape index (κ3) is 3.55. The van der Waals surface area contributed by atoms with E-state index >= 15 is 0 Å². The molecule has 0 saturated carbocycles. The minimum atomic E-state index is -0.272. The number of amides is 1. The number of benzene rings is 2. The third-order valence-corrected chi connectivity index (χ3v) is 3.56. The standard InChI is InChI=1S/C18H14ClNO3/c1-22-17-8-6-13(11-15(17)19)20-18(21)9-7-14-10-12-4-2-3-5-16(12)23-14/h2-11H,1H3,(H,20,21)/b9-7+. The van der Waals surface area contributed by atoms with E-state index in [1.54, 1.807) is 24.3 Å². The van der Waals surface area contributed by atoms with Gasteiger partial charge in [-0.2, -0.15) is 0 Å². The lowest BCUT2D eigenvalue weighted by molar-refractivity contribution is -0.111. The molecule has 0 fully saturated rings. The van der Waals surface area contributed by atoms with Gasteiger partial charge in [-0.05, 0) is 36.4 Å². The molecule has 0 aliphatic heterocycles. The number of rotatable bonds is 4. The van der Waals surface area contributed by atoms with Crippen LogP contribution in [0.25, 0.3) is 17.0 Å². The summed E-state index contributed by atoms with van der Waals surface area (Å²) in [6, 6.07) is 14.6. The van der Waals surface area contributed by atoms with Crippen LogP contribution in [0.4, 0.5) is 5.69 Å². The van der Waals surface area contributed by atoms with Gasteiger partial charge in [0, 0.05) is 17.1 Å². The summed E-state index contributed by atoms with van der Waals surface area (Å²) in [5.41, 5.74) is 1.38. The lowest BCUT2D eigenvalue weighted by atomic mass is 10.2. The molecular weight excluding hydrogens is 314 g/mol. The van der Waals surface area contributed by atoms with Gasteiger partial charge in [0.25, 0.3) is 0 Å². The maximum Gasteiger partial charge on any atom is 0.248 e. The van der Waals surface area contributed by atoms with E-state index in [-0.39, 0.29) is 5.91 Å². The minimum absolute atomic E-state index is 0.272. The van der Waals surface area contributed by atoms with E-state index in [9.17, 15) is 4.79 Å². The van der Waals surface area contributed by atoms with Crippen LogP contribution in [-0.4, -0.2) is 13.0 Å². The molecule has 0 aliphatic carbocycles. The van der Waals surface area contributed by atoms with Crippen LogP contribution in [0.2, 0.25) is 5.02 Å².